The molecule has 0 aromatic carbocycles. The monoisotopic (exact) mass is 322 g/mol. The number of halogens is 1. The molecular formula is C15H32ClN2OP. The van der Waals surface area contributed by atoms with Gasteiger partial charge in [0, 0.05) is 0 Å². The van der Waals surface area contributed by atoms with E-state index in [0.29, 0.717) is 25.1 Å². The fraction of sp³-hybridized carbons (Fsp3) is 0.933. The quantitative estimate of drug-likeness (QED) is 0.444. The van der Waals surface area contributed by atoms with Gasteiger partial charge in [0.15, 0.2) is 0 Å². The molecule has 0 bridgehead atoms. The molecule has 0 atom stereocenters. The number of hydrogen-bond donors (Lipinski definition) is 0. The molecule has 0 spiro atoms. The van der Waals surface area contributed by atoms with Crippen molar-refractivity contribution in [2.75, 3.05) is 6.61 Å². The second kappa shape index (κ2) is 7.41. The van der Waals surface area contributed by atoms with Crippen LogP contribution in [0.1, 0.15) is 61.8 Å². The summed E-state index contributed by atoms with van der Waals surface area (Å²) in [6, 6.07) is 2.76. The summed E-state index contributed by atoms with van der Waals surface area (Å²) >= 11 is 7.38. The Bertz CT molecular complexity index is 334. The Labute approximate surface area is 130 Å². The number of hydrogen-bond acceptors (Lipinski definition) is 3. The van der Waals surface area contributed by atoms with Crippen LogP contribution in [-0.4, -0.2) is 34.7 Å². The molecule has 0 aliphatic rings. The van der Waals surface area contributed by atoms with Crippen molar-refractivity contribution >= 4 is 17.6 Å². The fourth-order valence-electron chi connectivity index (χ4n) is 3.26. The summed E-state index contributed by atoms with van der Waals surface area (Å²) in [4.78, 5) is 0. The van der Waals surface area contributed by atoms with Gasteiger partial charge in [0.25, 0.3) is 0 Å². The van der Waals surface area contributed by atoms with Crippen LogP contribution in [0.2, 0.25) is 0 Å². The SMILES string of the molecule is CC(C)N(C(C)C)P(Cl)(OCCC#N)(C(C)C)C(C)C. The molecule has 0 aliphatic heterocycles. The molecule has 0 saturated carbocycles. The van der Waals surface area contributed by atoms with Crippen molar-refractivity contribution in [1.29, 1.82) is 5.26 Å². The van der Waals surface area contributed by atoms with Crippen molar-refractivity contribution < 1.29 is 4.52 Å². The van der Waals surface area contributed by atoms with E-state index >= 15 is 0 Å². The van der Waals surface area contributed by atoms with Crippen molar-refractivity contribution in [3.63, 3.8) is 0 Å². The molecule has 0 fully saturated rings. The van der Waals surface area contributed by atoms with Gasteiger partial charge in [-0.05, 0) is 0 Å². The molecule has 20 heavy (non-hydrogen) atoms. The van der Waals surface area contributed by atoms with Crippen LogP contribution in [0, 0.1) is 11.3 Å². The molecule has 0 amide bonds. The molecule has 0 unspecified atom stereocenters. The third-order valence-corrected chi connectivity index (χ3v) is 13.4. The van der Waals surface area contributed by atoms with E-state index in [-0.39, 0.29) is 11.3 Å². The molecule has 5 heteroatoms. The molecule has 3 nitrogen and oxygen atoms in total. The van der Waals surface area contributed by atoms with Gasteiger partial charge in [-0.2, -0.15) is 0 Å². The molecular weight excluding hydrogens is 291 g/mol. The Morgan fingerprint density at radius 3 is 1.65 bits per heavy atom. The van der Waals surface area contributed by atoms with Crippen LogP contribution >= 0.6 is 17.6 Å². The Kier molecular flexibility index (Phi) is 7.46. The van der Waals surface area contributed by atoms with E-state index in [4.69, 9.17) is 21.0 Å². The Morgan fingerprint density at radius 2 is 1.40 bits per heavy atom. The third kappa shape index (κ3) is 3.47. The maximum absolute atomic E-state index is 8.81. The Hall–Kier alpha value is 0.130. The molecule has 120 valence electrons. The number of nitrogens with zero attached hydrogens (tertiary/aromatic N) is 2. The van der Waals surface area contributed by atoms with E-state index in [2.05, 4.69) is 66.1 Å². The minimum absolute atomic E-state index is 0.214. The van der Waals surface area contributed by atoms with Gasteiger partial charge in [-0.3, -0.25) is 0 Å². The number of nitriles is 1. The zero-order valence-electron chi connectivity index (χ0n) is 14.4. The van der Waals surface area contributed by atoms with E-state index in [1.807, 2.05) is 0 Å². The van der Waals surface area contributed by atoms with Gasteiger partial charge in [-0.15, -0.1) is 0 Å². The summed E-state index contributed by atoms with van der Waals surface area (Å²) in [6.07, 6.45) is -2.70. The Morgan fingerprint density at radius 1 is 1.00 bits per heavy atom. The first-order valence-corrected chi connectivity index (χ1v) is 10.7. The second-order valence-electron chi connectivity index (χ2n) is 6.51. The standard InChI is InChI=1S/C15H32ClN2OP/c1-12(2)18(13(3)4)20(16,14(5)6,15(7)8)19-11-9-10-17/h12-15H,9,11H2,1-8H3. The van der Waals surface area contributed by atoms with Crippen molar-refractivity contribution in [3.8, 4) is 6.07 Å². The van der Waals surface area contributed by atoms with E-state index < -0.39 is 6.33 Å². The average Bonchev–Trinajstić information content (AvgIpc) is 2.27. The normalized spacial score (nSPS) is 15.2. The molecule has 0 N–H and O–H groups in total. The summed E-state index contributed by atoms with van der Waals surface area (Å²) in [5.74, 6) is 0. The molecule has 0 rings (SSSR count). The summed E-state index contributed by atoms with van der Waals surface area (Å²) in [5.41, 5.74) is 0.428. The van der Waals surface area contributed by atoms with Crippen LogP contribution in [0.25, 0.3) is 0 Å². The molecule has 0 heterocycles. The molecule has 0 aromatic rings. The summed E-state index contributed by atoms with van der Waals surface area (Å²) < 4.78 is 8.74. The van der Waals surface area contributed by atoms with Crippen LogP contribution < -0.4 is 0 Å². The topological polar surface area (TPSA) is 36.3 Å². The average molecular weight is 323 g/mol. The van der Waals surface area contributed by atoms with Gasteiger partial charge in [0.2, 0.25) is 0 Å². The fourth-order valence-corrected chi connectivity index (χ4v) is 9.75. The van der Waals surface area contributed by atoms with Crippen LogP contribution in [0.3, 0.4) is 0 Å². The van der Waals surface area contributed by atoms with Crippen molar-refractivity contribution in [2.24, 2.45) is 0 Å². The van der Waals surface area contributed by atoms with E-state index in [9.17, 15) is 0 Å². The predicted molar refractivity (Wildman–Crippen MR) is 91.3 cm³/mol. The molecule has 0 saturated heterocycles. The summed E-state index contributed by atoms with van der Waals surface area (Å²) in [6.45, 7) is 17.7. The maximum atomic E-state index is 8.81. The van der Waals surface area contributed by atoms with Crippen LogP contribution in [0.4, 0.5) is 0 Å². The first-order valence-electron chi connectivity index (χ1n) is 7.57. The first-order chi connectivity index (χ1) is 9.03. The van der Waals surface area contributed by atoms with Gasteiger partial charge in [-0.25, -0.2) is 0 Å². The van der Waals surface area contributed by atoms with Gasteiger partial charge in [0.1, 0.15) is 0 Å². The van der Waals surface area contributed by atoms with Crippen LogP contribution in [0.15, 0.2) is 0 Å². The third-order valence-electron chi connectivity index (χ3n) is 3.94. The van der Waals surface area contributed by atoms with Gasteiger partial charge in [-0.1, -0.05) is 0 Å². The van der Waals surface area contributed by atoms with Gasteiger partial charge >= 0.3 is 130 Å². The van der Waals surface area contributed by atoms with Gasteiger partial charge in [0.05, 0.1) is 0 Å². The molecule has 0 aromatic heterocycles. The molecule has 0 radical (unpaired) electrons. The van der Waals surface area contributed by atoms with Gasteiger partial charge < -0.3 is 0 Å². The van der Waals surface area contributed by atoms with E-state index in [0.717, 1.165) is 0 Å². The molecule has 0 aliphatic carbocycles. The first kappa shape index (κ1) is 20.1. The summed E-state index contributed by atoms with van der Waals surface area (Å²) in [5, 5.41) is 8.81. The number of rotatable bonds is 8. The predicted octanol–water partition coefficient (Wildman–Crippen LogP) is 5.39. The zero-order chi connectivity index (χ0) is 16.2. The van der Waals surface area contributed by atoms with Crippen LogP contribution in [-0.2, 0) is 4.52 Å². The van der Waals surface area contributed by atoms with E-state index in [1.165, 1.54) is 0 Å². The second-order valence-corrected chi connectivity index (χ2v) is 13.4. The van der Waals surface area contributed by atoms with Crippen LogP contribution in [0.5, 0.6) is 0 Å². The van der Waals surface area contributed by atoms with E-state index in [1.54, 1.807) is 0 Å². The summed E-state index contributed by atoms with van der Waals surface area (Å²) in [7, 11) is 0. The van der Waals surface area contributed by atoms with Crippen molar-refractivity contribution in [3.05, 3.63) is 0 Å². The Balaban J connectivity index is 5.93. The van der Waals surface area contributed by atoms with Crippen molar-refractivity contribution in [2.45, 2.75) is 85.2 Å². The van der Waals surface area contributed by atoms with Crippen molar-refractivity contribution in [1.82, 2.24) is 4.67 Å². The zero-order valence-corrected chi connectivity index (χ0v) is 16.0. The minimum atomic E-state index is -3.09.